The molecule has 1 rings (SSSR count). The normalized spacial score (nSPS) is 18.6. The van der Waals surface area contributed by atoms with E-state index in [1.807, 2.05) is 0 Å². The molecule has 0 aromatic heterocycles. The van der Waals surface area contributed by atoms with Crippen LogP contribution in [0.4, 0.5) is 0 Å². The van der Waals surface area contributed by atoms with Gasteiger partial charge in [-0.3, -0.25) is 0 Å². The van der Waals surface area contributed by atoms with Crippen molar-refractivity contribution in [1.82, 2.24) is 5.32 Å². The van der Waals surface area contributed by atoms with Gasteiger partial charge in [-0.1, -0.05) is 25.2 Å². The van der Waals surface area contributed by atoms with Gasteiger partial charge in [0.25, 0.3) is 0 Å². The Hall–Kier alpha value is -0.520. The molecule has 1 saturated carbocycles. The van der Waals surface area contributed by atoms with Crippen LogP contribution in [0.2, 0.25) is 0 Å². The Morgan fingerprint density at radius 1 is 1.57 bits per heavy atom. The minimum atomic E-state index is 0.281. The molecule has 1 aliphatic rings. The first-order valence-electron chi connectivity index (χ1n) is 5.58. The van der Waals surface area contributed by atoms with Crippen LogP contribution in [0, 0.1) is 18.3 Å². The van der Waals surface area contributed by atoms with Crippen LogP contribution in [0.5, 0.6) is 0 Å². The molecule has 0 aromatic carbocycles. The quantitative estimate of drug-likeness (QED) is 0.494. The number of terminal acetylenes is 1. The predicted molar refractivity (Wildman–Crippen MR) is 59.1 cm³/mol. The molecule has 1 fully saturated rings. The largest absolute Gasteiger partial charge is 0.377 e. The second kappa shape index (κ2) is 6.86. The van der Waals surface area contributed by atoms with Crippen molar-refractivity contribution < 1.29 is 4.74 Å². The summed E-state index contributed by atoms with van der Waals surface area (Å²) < 4.78 is 5.66. The van der Waals surface area contributed by atoms with Crippen molar-refractivity contribution in [3.05, 3.63) is 0 Å². The molecule has 1 unspecified atom stereocenters. The summed E-state index contributed by atoms with van der Waals surface area (Å²) in [5, 5.41) is 3.14. The smallest absolute Gasteiger partial charge is 0.0671 e. The van der Waals surface area contributed by atoms with Crippen molar-refractivity contribution >= 4 is 0 Å². The van der Waals surface area contributed by atoms with E-state index in [1.165, 1.54) is 25.7 Å². The molecule has 1 aliphatic carbocycles. The predicted octanol–water partition coefficient (Wildman–Crippen LogP) is 1.80. The van der Waals surface area contributed by atoms with Crippen LogP contribution in [0.15, 0.2) is 0 Å². The van der Waals surface area contributed by atoms with Crippen LogP contribution >= 0.6 is 0 Å². The van der Waals surface area contributed by atoms with E-state index in [9.17, 15) is 0 Å². The maximum Gasteiger partial charge on any atom is 0.0671 e. The number of hydrogen-bond donors (Lipinski definition) is 1. The third-order valence-electron chi connectivity index (χ3n) is 2.81. The Morgan fingerprint density at radius 3 is 2.93 bits per heavy atom. The Balaban J connectivity index is 1.87. The molecule has 80 valence electrons. The molecule has 14 heavy (non-hydrogen) atoms. The van der Waals surface area contributed by atoms with Crippen LogP contribution < -0.4 is 5.32 Å². The summed E-state index contributed by atoms with van der Waals surface area (Å²) in [5.41, 5.74) is 0. The van der Waals surface area contributed by atoms with E-state index in [4.69, 9.17) is 11.2 Å². The summed E-state index contributed by atoms with van der Waals surface area (Å²) in [4.78, 5) is 0. The molecule has 0 bridgehead atoms. The lowest BCUT2D eigenvalue weighted by molar-refractivity contribution is 0.0499. The molecule has 2 nitrogen and oxygen atoms in total. The van der Waals surface area contributed by atoms with Crippen molar-refractivity contribution in [1.29, 1.82) is 0 Å². The topological polar surface area (TPSA) is 21.3 Å². The number of rotatable bonds is 7. The number of ether oxygens (including phenoxy) is 1. The molecule has 2 heteroatoms. The van der Waals surface area contributed by atoms with Crippen molar-refractivity contribution in [3.63, 3.8) is 0 Å². The van der Waals surface area contributed by atoms with Gasteiger partial charge in [0.1, 0.15) is 0 Å². The highest BCUT2D eigenvalue weighted by Gasteiger charge is 2.16. The third-order valence-corrected chi connectivity index (χ3v) is 2.81. The number of hydrogen-bond acceptors (Lipinski definition) is 2. The van der Waals surface area contributed by atoms with Crippen LogP contribution in [0.1, 0.15) is 32.6 Å². The fraction of sp³-hybridized carbons (Fsp3) is 0.833. The lowest BCUT2D eigenvalue weighted by Crippen LogP contribution is -2.28. The molecule has 0 radical (unpaired) electrons. The van der Waals surface area contributed by atoms with Gasteiger partial charge in [0.15, 0.2) is 0 Å². The van der Waals surface area contributed by atoms with Crippen molar-refractivity contribution in [2.24, 2.45) is 5.92 Å². The van der Waals surface area contributed by atoms with Crippen LogP contribution in [0.25, 0.3) is 0 Å². The maximum absolute atomic E-state index is 5.66. The first kappa shape index (κ1) is 11.6. The summed E-state index contributed by atoms with van der Waals surface area (Å²) in [6.45, 7) is 4.49. The van der Waals surface area contributed by atoms with Gasteiger partial charge in [0.05, 0.1) is 12.6 Å². The molecular weight excluding hydrogens is 174 g/mol. The van der Waals surface area contributed by atoms with Gasteiger partial charge < -0.3 is 10.1 Å². The summed E-state index contributed by atoms with van der Waals surface area (Å²) in [6.07, 6.45) is 10.9. The fourth-order valence-electron chi connectivity index (χ4n) is 1.62. The average molecular weight is 195 g/mol. The average Bonchev–Trinajstić information content (AvgIpc) is 2.10. The Bertz CT molecular complexity index is 181. The fourth-order valence-corrected chi connectivity index (χ4v) is 1.62. The van der Waals surface area contributed by atoms with E-state index in [-0.39, 0.29) is 6.10 Å². The summed E-state index contributed by atoms with van der Waals surface area (Å²) in [7, 11) is 0. The van der Waals surface area contributed by atoms with Crippen LogP contribution in [0.3, 0.4) is 0 Å². The molecule has 0 amide bonds. The Morgan fingerprint density at radius 2 is 2.36 bits per heavy atom. The van der Waals surface area contributed by atoms with E-state index in [1.54, 1.807) is 0 Å². The minimum Gasteiger partial charge on any atom is -0.377 e. The van der Waals surface area contributed by atoms with E-state index in [0.717, 1.165) is 19.1 Å². The zero-order chi connectivity index (χ0) is 10.2. The molecule has 0 heterocycles. The van der Waals surface area contributed by atoms with Gasteiger partial charge >= 0.3 is 0 Å². The standard InChI is InChI=1S/C12H21NO/c1-3-8-13-10-11(2)14-9-7-12-5-4-6-12/h1,11-13H,4-10H2,2H3. The van der Waals surface area contributed by atoms with Gasteiger partial charge in [0, 0.05) is 13.2 Å². The molecule has 0 aromatic rings. The van der Waals surface area contributed by atoms with Gasteiger partial charge in [-0.2, -0.15) is 0 Å². The van der Waals surface area contributed by atoms with Gasteiger partial charge in [0.2, 0.25) is 0 Å². The zero-order valence-electron chi connectivity index (χ0n) is 9.09. The van der Waals surface area contributed by atoms with Crippen molar-refractivity contribution in [2.75, 3.05) is 19.7 Å². The molecule has 1 atom stereocenters. The first-order valence-corrected chi connectivity index (χ1v) is 5.58. The zero-order valence-corrected chi connectivity index (χ0v) is 9.09. The lowest BCUT2D eigenvalue weighted by atomic mass is 9.83. The monoisotopic (exact) mass is 195 g/mol. The van der Waals surface area contributed by atoms with E-state index in [2.05, 4.69) is 18.2 Å². The third kappa shape index (κ3) is 4.64. The maximum atomic E-state index is 5.66. The van der Waals surface area contributed by atoms with Gasteiger partial charge in [-0.25, -0.2) is 0 Å². The molecule has 0 spiro atoms. The highest BCUT2D eigenvalue weighted by molar-refractivity contribution is 4.86. The second-order valence-electron chi connectivity index (χ2n) is 4.10. The number of nitrogens with one attached hydrogen (secondary N) is 1. The Kier molecular flexibility index (Phi) is 5.66. The van der Waals surface area contributed by atoms with Crippen molar-refractivity contribution in [3.8, 4) is 12.3 Å². The van der Waals surface area contributed by atoms with E-state index in [0.29, 0.717) is 6.54 Å². The summed E-state index contributed by atoms with van der Waals surface area (Å²) in [5.74, 6) is 3.49. The second-order valence-corrected chi connectivity index (χ2v) is 4.10. The minimum absolute atomic E-state index is 0.281. The molecular formula is C12H21NO. The van der Waals surface area contributed by atoms with E-state index >= 15 is 0 Å². The SMILES string of the molecule is C#CCNCC(C)OCCC1CCC1. The van der Waals surface area contributed by atoms with Gasteiger partial charge in [-0.15, -0.1) is 6.42 Å². The summed E-state index contributed by atoms with van der Waals surface area (Å²) >= 11 is 0. The molecule has 0 aliphatic heterocycles. The summed E-state index contributed by atoms with van der Waals surface area (Å²) in [6, 6.07) is 0. The van der Waals surface area contributed by atoms with Crippen LogP contribution in [-0.2, 0) is 4.74 Å². The van der Waals surface area contributed by atoms with E-state index < -0.39 is 0 Å². The molecule has 0 saturated heterocycles. The molecule has 1 N–H and O–H groups in total. The highest BCUT2D eigenvalue weighted by Crippen LogP contribution is 2.29. The lowest BCUT2D eigenvalue weighted by Gasteiger charge is -2.25. The first-order chi connectivity index (χ1) is 6.83. The van der Waals surface area contributed by atoms with Crippen molar-refractivity contribution in [2.45, 2.75) is 38.7 Å². The van der Waals surface area contributed by atoms with Crippen LogP contribution in [-0.4, -0.2) is 25.8 Å². The Labute approximate surface area is 87.4 Å². The van der Waals surface area contributed by atoms with Gasteiger partial charge in [-0.05, 0) is 19.3 Å². The highest BCUT2D eigenvalue weighted by atomic mass is 16.5.